The standard InChI is InChI=1S/C9H17O2/c1-3-4-5-6-7-8-11-9(2)10/h1,3-8H2,2H3. The average molecular weight is 157 g/mol. The number of rotatable bonds is 6. The molecule has 0 spiro atoms. The minimum absolute atomic E-state index is 0.179. The van der Waals surface area contributed by atoms with Crippen LogP contribution in [-0.2, 0) is 9.53 Å². The summed E-state index contributed by atoms with van der Waals surface area (Å²) in [6.45, 7) is 5.76. The molecule has 0 saturated heterocycles. The minimum atomic E-state index is -0.179. The van der Waals surface area contributed by atoms with Crippen molar-refractivity contribution >= 4 is 5.97 Å². The predicted molar refractivity (Wildman–Crippen MR) is 45.1 cm³/mol. The molecule has 0 heterocycles. The number of ether oxygens (including phenoxy) is 1. The Labute approximate surface area is 68.9 Å². The van der Waals surface area contributed by atoms with E-state index in [4.69, 9.17) is 4.74 Å². The fourth-order valence-electron chi connectivity index (χ4n) is 0.848. The Morgan fingerprint density at radius 2 is 1.91 bits per heavy atom. The highest BCUT2D eigenvalue weighted by atomic mass is 16.5. The topological polar surface area (TPSA) is 26.3 Å². The van der Waals surface area contributed by atoms with Crippen molar-refractivity contribution in [2.24, 2.45) is 0 Å². The highest BCUT2D eigenvalue weighted by Gasteiger charge is 1.92. The molecule has 0 aliphatic rings. The maximum Gasteiger partial charge on any atom is 0.302 e. The van der Waals surface area contributed by atoms with E-state index in [0.29, 0.717) is 6.61 Å². The number of hydrogen-bond donors (Lipinski definition) is 0. The second-order valence-corrected chi connectivity index (χ2v) is 2.61. The van der Waals surface area contributed by atoms with Gasteiger partial charge in [0.25, 0.3) is 0 Å². The lowest BCUT2D eigenvalue weighted by Gasteiger charge is -2.00. The molecule has 0 aliphatic heterocycles. The number of unbranched alkanes of at least 4 members (excludes halogenated alkanes) is 4. The van der Waals surface area contributed by atoms with E-state index in [-0.39, 0.29) is 5.97 Å². The smallest absolute Gasteiger partial charge is 0.302 e. The SMILES string of the molecule is [CH2]CCCCCCOC(C)=O. The molecule has 0 aliphatic carbocycles. The quantitative estimate of drug-likeness (QED) is 0.437. The van der Waals surface area contributed by atoms with Crippen LogP contribution in [0.1, 0.15) is 39.0 Å². The van der Waals surface area contributed by atoms with E-state index in [1.54, 1.807) is 0 Å². The molecular formula is C9H17O2. The van der Waals surface area contributed by atoms with Crippen LogP contribution in [-0.4, -0.2) is 12.6 Å². The molecule has 0 amide bonds. The van der Waals surface area contributed by atoms with Crippen LogP contribution in [0.5, 0.6) is 0 Å². The molecule has 0 rings (SSSR count). The van der Waals surface area contributed by atoms with Crippen LogP contribution in [0.25, 0.3) is 0 Å². The predicted octanol–water partition coefficient (Wildman–Crippen LogP) is 2.33. The zero-order valence-electron chi connectivity index (χ0n) is 7.27. The van der Waals surface area contributed by atoms with E-state index in [0.717, 1.165) is 19.3 Å². The van der Waals surface area contributed by atoms with Crippen LogP contribution in [0.3, 0.4) is 0 Å². The van der Waals surface area contributed by atoms with Crippen molar-refractivity contribution in [1.82, 2.24) is 0 Å². The lowest BCUT2D eigenvalue weighted by atomic mass is 10.2. The van der Waals surface area contributed by atoms with Gasteiger partial charge in [0.2, 0.25) is 0 Å². The van der Waals surface area contributed by atoms with Crippen molar-refractivity contribution < 1.29 is 9.53 Å². The van der Waals surface area contributed by atoms with E-state index in [1.165, 1.54) is 19.8 Å². The Bertz CT molecular complexity index is 99.7. The Morgan fingerprint density at radius 3 is 2.45 bits per heavy atom. The molecule has 0 saturated carbocycles. The van der Waals surface area contributed by atoms with Crippen molar-refractivity contribution in [2.45, 2.75) is 39.0 Å². The molecule has 0 aromatic heterocycles. The van der Waals surface area contributed by atoms with Gasteiger partial charge >= 0.3 is 5.97 Å². The van der Waals surface area contributed by atoms with E-state index < -0.39 is 0 Å². The molecule has 0 bridgehead atoms. The normalized spacial score (nSPS) is 9.64. The van der Waals surface area contributed by atoms with E-state index >= 15 is 0 Å². The van der Waals surface area contributed by atoms with Gasteiger partial charge in [0.05, 0.1) is 6.61 Å². The number of esters is 1. The highest BCUT2D eigenvalue weighted by Crippen LogP contribution is 2.01. The monoisotopic (exact) mass is 157 g/mol. The summed E-state index contributed by atoms with van der Waals surface area (Å²) < 4.78 is 4.77. The molecule has 0 unspecified atom stereocenters. The first kappa shape index (κ1) is 10.5. The highest BCUT2D eigenvalue weighted by molar-refractivity contribution is 5.65. The van der Waals surface area contributed by atoms with E-state index in [9.17, 15) is 4.79 Å². The lowest BCUT2D eigenvalue weighted by molar-refractivity contribution is -0.141. The van der Waals surface area contributed by atoms with Gasteiger partial charge in [-0.1, -0.05) is 32.6 Å². The van der Waals surface area contributed by atoms with Gasteiger partial charge in [-0.05, 0) is 6.42 Å². The fourth-order valence-corrected chi connectivity index (χ4v) is 0.848. The zero-order chi connectivity index (χ0) is 8.53. The largest absolute Gasteiger partial charge is 0.466 e. The molecule has 0 aromatic carbocycles. The summed E-state index contributed by atoms with van der Waals surface area (Å²) in [5.74, 6) is -0.179. The molecule has 0 N–H and O–H groups in total. The van der Waals surface area contributed by atoms with Crippen LogP contribution in [0.4, 0.5) is 0 Å². The first-order valence-electron chi connectivity index (χ1n) is 4.20. The van der Waals surface area contributed by atoms with Gasteiger partial charge < -0.3 is 4.74 Å². The van der Waals surface area contributed by atoms with E-state index in [2.05, 4.69) is 6.92 Å². The number of hydrogen-bond acceptors (Lipinski definition) is 2. The Balaban J connectivity index is 2.85. The third-order valence-corrected chi connectivity index (χ3v) is 1.45. The van der Waals surface area contributed by atoms with Crippen molar-refractivity contribution in [3.05, 3.63) is 6.92 Å². The van der Waals surface area contributed by atoms with Gasteiger partial charge in [-0.15, -0.1) is 0 Å². The van der Waals surface area contributed by atoms with Crippen LogP contribution in [0.15, 0.2) is 0 Å². The van der Waals surface area contributed by atoms with Gasteiger partial charge in [-0.2, -0.15) is 0 Å². The zero-order valence-corrected chi connectivity index (χ0v) is 7.27. The molecule has 0 fully saturated rings. The molecule has 11 heavy (non-hydrogen) atoms. The summed E-state index contributed by atoms with van der Waals surface area (Å²) >= 11 is 0. The van der Waals surface area contributed by atoms with Crippen LogP contribution in [0, 0.1) is 6.92 Å². The molecule has 65 valence electrons. The minimum Gasteiger partial charge on any atom is -0.466 e. The third kappa shape index (κ3) is 9.47. The first-order chi connectivity index (χ1) is 5.27. The van der Waals surface area contributed by atoms with Gasteiger partial charge in [-0.25, -0.2) is 0 Å². The summed E-state index contributed by atoms with van der Waals surface area (Å²) in [5, 5.41) is 0. The van der Waals surface area contributed by atoms with Crippen LogP contribution < -0.4 is 0 Å². The maximum atomic E-state index is 10.3. The molecule has 2 heteroatoms. The molecule has 0 atom stereocenters. The maximum absolute atomic E-state index is 10.3. The second kappa shape index (κ2) is 7.58. The molecule has 0 aromatic rings. The first-order valence-corrected chi connectivity index (χ1v) is 4.20. The van der Waals surface area contributed by atoms with Gasteiger partial charge in [-0.3, -0.25) is 4.79 Å². The lowest BCUT2D eigenvalue weighted by Crippen LogP contribution is -1.99. The van der Waals surface area contributed by atoms with Crippen LogP contribution >= 0.6 is 0 Å². The van der Waals surface area contributed by atoms with Gasteiger partial charge in [0.1, 0.15) is 0 Å². The van der Waals surface area contributed by atoms with Gasteiger partial charge in [0, 0.05) is 6.92 Å². The average Bonchev–Trinajstić information content (AvgIpc) is 1.96. The van der Waals surface area contributed by atoms with Crippen molar-refractivity contribution in [1.29, 1.82) is 0 Å². The van der Waals surface area contributed by atoms with Crippen LogP contribution in [0.2, 0.25) is 0 Å². The van der Waals surface area contributed by atoms with Crippen molar-refractivity contribution in [2.75, 3.05) is 6.61 Å². The van der Waals surface area contributed by atoms with Crippen molar-refractivity contribution in [3.8, 4) is 0 Å². The third-order valence-electron chi connectivity index (χ3n) is 1.45. The van der Waals surface area contributed by atoms with E-state index in [1.807, 2.05) is 0 Å². The summed E-state index contributed by atoms with van der Waals surface area (Å²) in [6, 6.07) is 0. The van der Waals surface area contributed by atoms with Gasteiger partial charge in [0.15, 0.2) is 0 Å². The summed E-state index contributed by atoms with van der Waals surface area (Å²) in [5.41, 5.74) is 0. The summed E-state index contributed by atoms with van der Waals surface area (Å²) in [4.78, 5) is 10.3. The fraction of sp³-hybridized carbons (Fsp3) is 0.778. The molecule has 1 radical (unpaired) electrons. The summed E-state index contributed by atoms with van der Waals surface area (Å²) in [7, 11) is 0. The molecular weight excluding hydrogens is 140 g/mol. The molecule has 2 nitrogen and oxygen atoms in total. The Hall–Kier alpha value is -0.530. The Morgan fingerprint density at radius 1 is 1.27 bits per heavy atom. The number of carbonyl (C=O) groups is 1. The van der Waals surface area contributed by atoms with Crippen molar-refractivity contribution in [3.63, 3.8) is 0 Å². The second-order valence-electron chi connectivity index (χ2n) is 2.61. The summed E-state index contributed by atoms with van der Waals surface area (Å²) in [6.07, 6.45) is 5.51. The Kier molecular flexibility index (Phi) is 7.21. The number of carbonyl (C=O) groups excluding carboxylic acids is 1.